The lowest BCUT2D eigenvalue weighted by molar-refractivity contribution is -0.117. The summed E-state index contributed by atoms with van der Waals surface area (Å²) < 4.78 is 0. The fourth-order valence-electron chi connectivity index (χ4n) is 4.05. The van der Waals surface area contributed by atoms with E-state index < -0.39 is 0 Å². The summed E-state index contributed by atoms with van der Waals surface area (Å²) >= 11 is 3.68. The van der Waals surface area contributed by atoms with Crippen molar-refractivity contribution in [2.75, 3.05) is 0 Å². The summed E-state index contributed by atoms with van der Waals surface area (Å²) in [4.78, 5) is 16.5. The van der Waals surface area contributed by atoms with Crippen molar-refractivity contribution >= 4 is 35.1 Å². The Morgan fingerprint density at radius 2 is 1.78 bits per heavy atom. The zero-order valence-electron chi connectivity index (χ0n) is 13.7. The summed E-state index contributed by atoms with van der Waals surface area (Å²) in [5.74, 6) is 1.16. The summed E-state index contributed by atoms with van der Waals surface area (Å²) in [6, 6.07) is 0.393. The molecule has 1 fully saturated rings. The number of rotatable bonds is 2. The zero-order chi connectivity index (χ0) is 15.6. The predicted molar refractivity (Wildman–Crippen MR) is 99.9 cm³/mol. The molecule has 0 spiro atoms. The lowest BCUT2D eigenvalue weighted by Crippen LogP contribution is -2.35. The molecule has 124 valence electrons. The van der Waals surface area contributed by atoms with Crippen molar-refractivity contribution in [3.63, 3.8) is 0 Å². The summed E-state index contributed by atoms with van der Waals surface area (Å²) in [7, 11) is 0. The minimum Gasteiger partial charge on any atom is -0.349 e. The number of carbonyl (C=O) groups excluding carboxylic acids is 1. The number of aryl methyl sites for hydroxylation is 1. The lowest BCUT2D eigenvalue weighted by Gasteiger charge is -2.19. The van der Waals surface area contributed by atoms with E-state index in [1.165, 1.54) is 61.8 Å². The molecule has 0 unspecified atom stereocenters. The molecule has 1 N–H and O–H groups in total. The van der Waals surface area contributed by atoms with Gasteiger partial charge in [0, 0.05) is 21.5 Å². The third kappa shape index (κ3) is 3.39. The van der Waals surface area contributed by atoms with Crippen molar-refractivity contribution in [1.29, 1.82) is 0 Å². The van der Waals surface area contributed by atoms with Crippen LogP contribution in [0, 0.1) is 0 Å². The minimum atomic E-state index is 0.166. The monoisotopic (exact) mass is 347 g/mol. The highest BCUT2D eigenvalue weighted by molar-refractivity contribution is 8.03. The normalized spacial score (nSPS) is 21.8. The van der Waals surface area contributed by atoms with Crippen molar-refractivity contribution in [3.8, 4) is 0 Å². The average Bonchev–Trinajstić information content (AvgIpc) is 2.74. The Morgan fingerprint density at radius 1 is 1.00 bits per heavy atom. The van der Waals surface area contributed by atoms with Gasteiger partial charge in [0.25, 0.3) is 5.91 Å². The van der Waals surface area contributed by atoms with Crippen molar-refractivity contribution < 1.29 is 4.79 Å². The first kappa shape index (κ1) is 15.8. The first-order valence-electron chi connectivity index (χ1n) is 9.10. The van der Waals surface area contributed by atoms with Gasteiger partial charge in [0.05, 0.1) is 4.91 Å². The van der Waals surface area contributed by atoms with Crippen LogP contribution in [0.3, 0.4) is 0 Å². The fraction of sp³-hybridized carbons (Fsp3) is 0.632. The van der Waals surface area contributed by atoms with E-state index in [9.17, 15) is 4.79 Å². The lowest BCUT2D eigenvalue weighted by atomic mass is 9.95. The zero-order valence-corrected chi connectivity index (χ0v) is 15.3. The molecule has 1 aromatic heterocycles. The summed E-state index contributed by atoms with van der Waals surface area (Å²) in [6.07, 6.45) is 14.8. The highest BCUT2D eigenvalue weighted by Gasteiger charge is 2.26. The molecule has 23 heavy (non-hydrogen) atoms. The van der Waals surface area contributed by atoms with Gasteiger partial charge in [-0.25, -0.2) is 0 Å². The van der Waals surface area contributed by atoms with Crippen molar-refractivity contribution in [3.05, 3.63) is 25.8 Å². The fourth-order valence-corrected chi connectivity index (χ4v) is 6.59. The van der Waals surface area contributed by atoms with Gasteiger partial charge in [-0.05, 0) is 55.7 Å². The maximum atomic E-state index is 12.6. The van der Waals surface area contributed by atoms with E-state index in [1.54, 1.807) is 22.2 Å². The van der Waals surface area contributed by atoms with Crippen LogP contribution in [0.4, 0.5) is 0 Å². The number of carbonyl (C=O) groups is 1. The molecule has 1 aliphatic heterocycles. The number of nitrogens with one attached hydrogen (secondary N) is 1. The second-order valence-corrected chi connectivity index (χ2v) is 9.17. The molecular formula is C19H25NOS2. The molecule has 0 bridgehead atoms. The van der Waals surface area contributed by atoms with Crippen LogP contribution in [-0.4, -0.2) is 11.9 Å². The first-order valence-corrected chi connectivity index (χ1v) is 10.9. The minimum absolute atomic E-state index is 0.166. The molecule has 3 aliphatic rings. The van der Waals surface area contributed by atoms with Crippen molar-refractivity contribution in [2.24, 2.45) is 0 Å². The van der Waals surface area contributed by atoms with Crippen LogP contribution in [0.15, 0.2) is 4.91 Å². The van der Waals surface area contributed by atoms with E-state index >= 15 is 0 Å². The van der Waals surface area contributed by atoms with Gasteiger partial charge in [0.1, 0.15) is 0 Å². The number of fused-ring (bicyclic) bond motifs is 3. The number of thioether (sulfide) groups is 1. The van der Waals surface area contributed by atoms with Gasteiger partial charge in [0.2, 0.25) is 0 Å². The third-order valence-corrected chi connectivity index (χ3v) is 7.69. The second-order valence-electron chi connectivity index (χ2n) is 7.01. The van der Waals surface area contributed by atoms with E-state index in [1.807, 2.05) is 11.3 Å². The molecule has 0 saturated heterocycles. The first-order chi connectivity index (χ1) is 11.3. The summed E-state index contributed by atoms with van der Waals surface area (Å²) in [5.41, 5.74) is 3.14. The predicted octanol–water partition coefficient (Wildman–Crippen LogP) is 5.05. The van der Waals surface area contributed by atoms with E-state index in [0.29, 0.717) is 6.04 Å². The van der Waals surface area contributed by atoms with Crippen LogP contribution < -0.4 is 5.32 Å². The Balaban J connectivity index is 1.49. The molecule has 4 rings (SSSR count). The standard InChI is InChI=1S/C19H25NOS2/c21-19(20-13-7-3-1-2-4-8-13)18-11-17-15(12-22-18)14-9-5-6-10-16(14)23-17/h11,13H,1-10,12H2,(H,20,21). The third-order valence-electron chi connectivity index (χ3n) is 5.36. The van der Waals surface area contributed by atoms with Gasteiger partial charge < -0.3 is 5.32 Å². The van der Waals surface area contributed by atoms with Gasteiger partial charge >= 0.3 is 0 Å². The topological polar surface area (TPSA) is 29.1 Å². The van der Waals surface area contributed by atoms with Gasteiger partial charge in [-0.2, -0.15) is 0 Å². The molecule has 0 aromatic carbocycles. The molecule has 2 heterocycles. The molecule has 1 amide bonds. The number of thiophene rings is 1. The molecule has 2 nitrogen and oxygen atoms in total. The quantitative estimate of drug-likeness (QED) is 0.758. The highest BCUT2D eigenvalue weighted by Crippen LogP contribution is 2.42. The van der Waals surface area contributed by atoms with Gasteiger partial charge in [-0.15, -0.1) is 23.1 Å². The largest absolute Gasteiger partial charge is 0.349 e. The number of amides is 1. The van der Waals surface area contributed by atoms with Gasteiger partial charge in [-0.1, -0.05) is 25.7 Å². The van der Waals surface area contributed by atoms with Crippen molar-refractivity contribution in [2.45, 2.75) is 76.0 Å². The number of hydrogen-bond acceptors (Lipinski definition) is 3. The maximum Gasteiger partial charge on any atom is 0.257 e. The van der Waals surface area contributed by atoms with Gasteiger partial charge in [0.15, 0.2) is 0 Å². The Labute approximate surface area is 147 Å². The Morgan fingerprint density at radius 3 is 2.61 bits per heavy atom. The molecule has 4 heteroatoms. The SMILES string of the molecule is O=C(NC1CCCCCC1)C1=Cc2sc3c(c2CS1)CCCC3. The molecule has 1 saturated carbocycles. The van der Waals surface area contributed by atoms with Gasteiger partial charge in [-0.3, -0.25) is 4.79 Å². The highest BCUT2D eigenvalue weighted by atomic mass is 32.2. The van der Waals surface area contributed by atoms with Crippen LogP contribution in [0.2, 0.25) is 0 Å². The van der Waals surface area contributed by atoms with E-state index in [0.717, 1.165) is 23.5 Å². The summed E-state index contributed by atoms with van der Waals surface area (Å²) in [6.45, 7) is 0. The van der Waals surface area contributed by atoms with E-state index in [2.05, 4.69) is 11.4 Å². The van der Waals surface area contributed by atoms with E-state index in [-0.39, 0.29) is 5.91 Å². The maximum absolute atomic E-state index is 12.6. The Bertz CT molecular complexity index is 624. The smallest absolute Gasteiger partial charge is 0.257 e. The van der Waals surface area contributed by atoms with Crippen LogP contribution in [0.25, 0.3) is 6.08 Å². The van der Waals surface area contributed by atoms with Crippen molar-refractivity contribution in [1.82, 2.24) is 5.32 Å². The average molecular weight is 348 g/mol. The van der Waals surface area contributed by atoms with Crippen LogP contribution >= 0.6 is 23.1 Å². The molecule has 1 aromatic rings. The van der Waals surface area contributed by atoms with Crippen LogP contribution in [0.5, 0.6) is 0 Å². The summed E-state index contributed by atoms with van der Waals surface area (Å²) in [5, 5.41) is 3.30. The second kappa shape index (κ2) is 7.02. The Hall–Kier alpha value is -0.740. The molecule has 0 radical (unpaired) electrons. The number of hydrogen-bond donors (Lipinski definition) is 1. The van der Waals surface area contributed by atoms with Crippen LogP contribution in [0.1, 0.15) is 72.2 Å². The Kier molecular flexibility index (Phi) is 4.81. The van der Waals surface area contributed by atoms with Crippen LogP contribution in [-0.2, 0) is 23.4 Å². The van der Waals surface area contributed by atoms with E-state index in [4.69, 9.17) is 0 Å². The molecular weight excluding hydrogens is 322 g/mol. The molecule has 2 aliphatic carbocycles. The molecule has 0 atom stereocenters.